The molecule has 0 spiro atoms. The van der Waals surface area contributed by atoms with Gasteiger partial charge in [-0.2, -0.15) is 0 Å². The molecule has 2 N–H and O–H groups in total. The van der Waals surface area contributed by atoms with E-state index in [1.165, 1.54) is 0 Å². The molecule has 1 aliphatic rings. The van der Waals surface area contributed by atoms with Gasteiger partial charge in [-0.3, -0.25) is 0 Å². The highest BCUT2D eigenvalue weighted by Crippen LogP contribution is 2.29. The number of nitrogens with zero attached hydrogens (tertiary/aromatic N) is 1. The molecule has 6 nitrogen and oxygen atoms in total. The van der Waals surface area contributed by atoms with E-state index in [9.17, 15) is 5.11 Å². The molecule has 2 heterocycles. The first kappa shape index (κ1) is 15.2. The molecule has 20 heavy (non-hydrogen) atoms. The maximum atomic E-state index is 9.68. The summed E-state index contributed by atoms with van der Waals surface area (Å²) in [6.45, 7) is 1.52. The minimum Gasteiger partial charge on any atom is -0.481 e. The number of ether oxygens (including phenoxy) is 3. The van der Waals surface area contributed by atoms with Crippen LogP contribution in [-0.4, -0.2) is 56.2 Å². The molecule has 112 valence electrons. The Hall–Kier alpha value is -1.21. The molecule has 0 amide bonds. The van der Waals surface area contributed by atoms with Gasteiger partial charge in [0.1, 0.15) is 0 Å². The van der Waals surface area contributed by atoms with Crippen molar-refractivity contribution in [2.24, 2.45) is 0 Å². The van der Waals surface area contributed by atoms with E-state index in [2.05, 4.69) is 10.3 Å². The summed E-state index contributed by atoms with van der Waals surface area (Å²) in [6.07, 6.45) is 2.14. The fourth-order valence-corrected chi connectivity index (χ4v) is 2.35. The van der Waals surface area contributed by atoms with Gasteiger partial charge in [0.25, 0.3) is 0 Å². The molecule has 1 aromatic heterocycles. The van der Waals surface area contributed by atoms with E-state index in [1.54, 1.807) is 20.4 Å². The Balaban J connectivity index is 1.92. The molecule has 0 aromatic carbocycles. The van der Waals surface area contributed by atoms with Crippen LogP contribution in [0.5, 0.6) is 5.88 Å². The van der Waals surface area contributed by atoms with Gasteiger partial charge >= 0.3 is 0 Å². The van der Waals surface area contributed by atoms with Crippen LogP contribution >= 0.6 is 0 Å². The van der Waals surface area contributed by atoms with Gasteiger partial charge in [-0.15, -0.1) is 0 Å². The quantitative estimate of drug-likeness (QED) is 0.759. The highest BCUT2D eigenvalue weighted by molar-refractivity contribution is 5.21. The number of methoxy groups -OCH3 is 2. The van der Waals surface area contributed by atoms with E-state index in [0.29, 0.717) is 25.6 Å². The number of hydrogen-bond acceptors (Lipinski definition) is 6. The molecule has 1 fully saturated rings. The molecule has 3 atom stereocenters. The zero-order chi connectivity index (χ0) is 14.4. The molecule has 0 unspecified atom stereocenters. The van der Waals surface area contributed by atoms with Gasteiger partial charge < -0.3 is 24.6 Å². The fraction of sp³-hybridized carbons (Fsp3) is 0.643. The lowest BCUT2D eigenvalue weighted by atomic mass is 10.0. The number of aliphatic hydroxyl groups is 1. The Labute approximate surface area is 119 Å². The van der Waals surface area contributed by atoms with Crippen molar-refractivity contribution < 1.29 is 19.3 Å². The summed E-state index contributed by atoms with van der Waals surface area (Å²) in [5, 5.41) is 13.0. The summed E-state index contributed by atoms with van der Waals surface area (Å²) in [6, 6.07) is 3.97. The van der Waals surface area contributed by atoms with Gasteiger partial charge in [0, 0.05) is 44.1 Å². The van der Waals surface area contributed by atoms with Crippen LogP contribution in [0.15, 0.2) is 18.3 Å². The molecular weight excluding hydrogens is 260 g/mol. The van der Waals surface area contributed by atoms with Crippen molar-refractivity contribution in [2.45, 2.75) is 24.7 Å². The van der Waals surface area contributed by atoms with Crippen molar-refractivity contribution in [3.63, 3.8) is 0 Å². The minimum absolute atomic E-state index is 0.0387. The zero-order valence-electron chi connectivity index (χ0n) is 11.9. The van der Waals surface area contributed by atoms with E-state index in [0.717, 1.165) is 12.0 Å². The molecule has 2 rings (SSSR count). The van der Waals surface area contributed by atoms with Crippen LogP contribution in [0.4, 0.5) is 0 Å². The maximum Gasteiger partial charge on any atom is 0.212 e. The van der Waals surface area contributed by atoms with Gasteiger partial charge in [0.05, 0.1) is 25.9 Å². The molecule has 0 bridgehead atoms. The number of aliphatic hydroxyl groups excluding tert-OH is 1. The maximum absolute atomic E-state index is 9.68. The second kappa shape index (κ2) is 7.54. The molecule has 0 saturated carbocycles. The zero-order valence-corrected chi connectivity index (χ0v) is 11.9. The van der Waals surface area contributed by atoms with Gasteiger partial charge in [0.15, 0.2) is 0 Å². The van der Waals surface area contributed by atoms with E-state index in [4.69, 9.17) is 14.2 Å². The van der Waals surface area contributed by atoms with E-state index < -0.39 is 6.10 Å². The van der Waals surface area contributed by atoms with Crippen LogP contribution in [-0.2, 0) is 9.47 Å². The van der Waals surface area contributed by atoms with Crippen LogP contribution in [0.25, 0.3) is 0 Å². The molecule has 1 aliphatic heterocycles. The summed E-state index contributed by atoms with van der Waals surface area (Å²) in [5.74, 6) is 0.590. The lowest BCUT2D eigenvalue weighted by Gasteiger charge is -2.21. The number of nitrogens with one attached hydrogen (secondary N) is 1. The minimum atomic E-state index is -0.504. The fourth-order valence-electron chi connectivity index (χ4n) is 2.35. The number of rotatable bonds is 7. The lowest BCUT2D eigenvalue weighted by molar-refractivity contribution is 0.0566. The standard InChI is InChI=1S/C14H22N2O4/c1-18-9-11(17)8-15-12-5-6-20-14(12)10-3-4-13(19-2)16-7-10/h3-4,7,11-12,14-15,17H,5-6,8-9H2,1-2H3/t11-,12+,14-/m1/s1. The van der Waals surface area contributed by atoms with Crippen molar-refractivity contribution in [3.8, 4) is 5.88 Å². The summed E-state index contributed by atoms with van der Waals surface area (Å²) in [7, 11) is 3.17. The highest BCUT2D eigenvalue weighted by Gasteiger charge is 2.29. The van der Waals surface area contributed by atoms with E-state index >= 15 is 0 Å². The van der Waals surface area contributed by atoms with Crippen molar-refractivity contribution in [2.75, 3.05) is 34.0 Å². The third kappa shape index (κ3) is 3.89. The Bertz CT molecular complexity index is 399. The predicted molar refractivity (Wildman–Crippen MR) is 73.8 cm³/mol. The summed E-state index contributed by atoms with van der Waals surface area (Å²) >= 11 is 0. The molecule has 0 aliphatic carbocycles. The van der Waals surface area contributed by atoms with E-state index in [-0.39, 0.29) is 12.1 Å². The number of aromatic nitrogens is 1. The van der Waals surface area contributed by atoms with Crippen LogP contribution in [0, 0.1) is 0 Å². The lowest BCUT2D eigenvalue weighted by Crippen LogP contribution is -2.38. The normalized spacial score (nSPS) is 23.8. The van der Waals surface area contributed by atoms with Crippen molar-refractivity contribution in [1.82, 2.24) is 10.3 Å². The molecular formula is C14H22N2O4. The van der Waals surface area contributed by atoms with Crippen molar-refractivity contribution in [3.05, 3.63) is 23.9 Å². The first-order chi connectivity index (χ1) is 9.74. The second-order valence-electron chi connectivity index (χ2n) is 4.84. The topological polar surface area (TPSA) is 72.8 Å². The highest BCUT2D eigenvalue weighted by atomic mass is 16.5. The third-order valence-corrected chi connectivity index (χ3v) is 3.36. The largest absolute Gasteiger partial charge is 0.481 e. The monoisotopic (exact) mass is 282 g/mol. The van der Waals surface area contributed by atoms with E-state index in [1.807, 2.05) is 12.1 Å². The first-order valence-corrected chi connectivity index (χ1v) is 6.76. The number of pyridine rings is 1. The SMILES string of the molecule is COC[C@H](O)CN[C@H]1CCO[C@@H]1c1ccc(OC)nc1. The van der Waals surface area contributed by atoms with Crippen molar-refractivity contribution in [1.29, 1.82) is 0 Å². The molecule has 1 aromatic rings. The van der Waals surface area contributed by atoms with Gasteiger partial charge in [-0.25, -0.2) is 4.98 Å². The molecule has 1 saturated heterocycles. The summed E-state index contributed by atoms with van der Waals surface area (Å²) in [4.78, 5) is 4.20. The smallest absolute Gasteiger partial charge is 0.212 e. The van der Waals surface area contributed by atoms with Crippen LogP contribution in [0.1, 0.15) is 18.1 Å². The Morgan fingerprint density at radius 3 is 3.00 bits per heavy atom. The van der Waals surface area contributed by atoms with Gasteiger partial charge in [-0.1, -0.05) is 0 Å². The first-order valence-electron chi connectivity index (χ1n) is 6.76. The Morgan fingerprint density at radius 1 is 1.50 bits per heavy atom. The van der Waals surface area contributed by atoms with Crippen LogP contribution in [0.2, 0.25) is 0 Å². The third-order valence-electron chi connectivity index (χ3n) is 3.36. The Kier molecular flexibility index (Phi) is 5.72. The second-order valence-corrected chi connectivity index (χ2v) is 4.84. The molecule has 6 heteroatoms. The van der Waals surface area contributed by atoms with Gasteiger partial charge in [-0.05, 0) is 12.5 Å². The molecule has 0 radical (unpaired) electrons. The van der Waals surface area contributed by atoms with Crippen molar-refractivity contribution >= 4 is 0 Å². The van der Waals surface area contributed by atoms with Gasteiger partial charge in [0.2, 0.25) is 5.88 Å². The predicted octanol–water partition coefficient (Wildman–Crippen LogP) is 0.517. The summed E-state index contributed by atoms with van der Waals surface area (Å²) < 4.78 is 15.7. The van der Waals surface area contributed by atoms with Crippen LogP contribution in [0.3, 0.4) is 0 Å². The average Bonchev–Trinajstić information content (AvgIpc) is 2.94. The average molecular weight is 282 g/mol. The Morgan fingerprint density at radius 2 is 2.35 bits per heavy atom. The van der Waals surface area contributed by atoms with Crippen LogP contribution < -0.4 is 10.1 Å². The summed E-state index contributed by atoms with van der Waals surface area (Å²) in [5.41, 5.74) is 1.02. The number of hydrogen-bond donors (Lipinski definition) is 2.